The molecule has 0 unspecified atom stereocenters. The number of carbonyl (C=O) groups is 2. The zero-order chi connectivity index (χ0) is 20.0. The van der Waals surface area contributed by atoms with Gasteiger partial charge in [0.2, 0.25) is 0 Å². The van der Waals surface area contributed by atoms with E-state index in [4.69, 9.17) is 4.84 Å². The molecule has 1 atom stereocenters. The summed E-state index contributed by atoms with van der Waals surface area (Å²) in [6.07, 6.45) is -0.0114. The van der Waals surface area contributed by atoms with Gasteiger partial charge in [0.25, 0.3) is 5.91 Å². The third-order valence-corrected chi connectivity index (χ3v) is 5.67. The smallest absolute Gasteiger partial charge is 0.335 e. The first-order chi connectivity index (χ1) is 14.1. The minimum atomic E-state index is -1.19. The van der Waals surface area contributed by atoms with Crippen LogP contribution in [0.2, 0.25) is 0 Å². The Hall–Kier alpha value is -3.60. The Morgan fingerprint density at radius 1 is 0.897 bits per heavy atom. The van der Waals surface area contributed by atoms with Gasteiger partial charge >= 0.3 is 5.97 Å². The molecule has 1 saturated heterocycles. The topological polar surface area (TPSA) is 49.9 Å². The molecule has 2 aliphatic heterocycles. The van der Waals surface area contributed by atoms with Crippen molar-refractivity contribution in [2.24, 2.45) is 0 Å². The van der Waals surface area contributed by atoms with E-state index < -0.39 is 11.5 Å². The third kappa shape index (κ3) is 2.54. The molecule has 0 bridgehead atoms. The zero-order valence-electron chi connectivity index (χ0n) is 16.0. The van der Waals surface area contributed by atoms with E-state index in [2.05, 4.69) is 0 Å². The summed E-state index contributed by atoms with van der Waals surface area (Å²) in [5.41, 5.74) is 3.20. The van der Waals surface area contributed by atoms with Crippen LogP contribution in [0.3, 0.4) is 0 Å². The molecule has 5 heteroatoms. The molecule has 2 aliphatic rings. The van der Waals surface area contributed by atoms with Gasteiger partial charge in [0.15, 0.2) is 5.54 Å². The summed E-state index contributed by atoms with van der Waals surface area (Å²) in [5.74, 6) is -0.545. The van der Waals surface area contributed by atoms with Crippen LogP contribution >= 0.6 is 0 Å². The highest BCUT2D eigenvalue weighted by Gasteiger charge is 2.62. The quantitative estimate of drug-likeness (QED) is 0.682. The van der Waals surface area contributed by atoms with E-state index in [-0.39, 0.29) is 12.3 Å². The predicted octanol–water partition coefficient (Wildman–Crippen LogP) is 4.11. The number of fused-ring (bicyclic) bond motifs is 2. The number of amides is 1. The number of benzene rings is 3. The molecule has 5 nitrogen and oxygen atoms in total. The maximum atomic E-state index is 13.9. The fourth-order valence-electron chi connectivity index (χ4n) is 4.40. The van der Waals surface area contributed by atoms with Gasteiger partial charge in [-0.3, -0.25) is 4.79 Å². The second-order valence-electron chi connectivity index (χ2n) is 7.48. The third-order valence-electron chi connectivity index (χ3n) is 5.67. The predicted molar refractivity (Wildman–Crippen MR) is 110 cm³/mol. The number of carbonyl (C=O) groups excluding carboxylic acids is 2. The lowest BCUT2D eigenvalue weighted by Gasteiger charge is -2.31. The van der Waals surface area contributed by atoms with Crippen molar-refractivity contribution in [2.75, 3.05) is 9.96 Å². The number of hydrogen-bond donors (Lipinski definition) is 0. The largest absolute Gasteiger partial charge is 0.339 e. The molecule has 0 aromatic heterocycles. The van der Waals surface area contributed by atoms with Gasteiger partial charge in [-0.25, -0.2) is 4.79 Å². The van der Waals surface area contributed by atoms with Crippen molar-refractivity contribution in [3.8, 4) is 0 Å². The first kappa shape index (κ1) is 17.5. The van der Waals surface area contributed by atoms with E-state index >= 15 is 0 Å². The van der Waals surface area contributed by atoms with Crippen molar-refractivity contribution < 1.29 is 14.4 Å². The van der Waals surface area contributed by atoms with Crippen LogP contribution in [-0.2, 0) is 26.5 Å². The number of anilines is 2. The second kappa shape index (κ2) is 6.48. The highest BCUT2D eigenvalue weighted by molar-refractivity contribution is 6.13. The molecule has 0 N–H and O–H groups in total. The fraction of sp³-hybridized carbons (Fsp3) is 0.167. The van der Waals surface area contributed by atoms with Gasteiger partial charge in [-0.2, -0.15) is 5.06 Å². The first-order valence-corrected chi connectivity index (χ1v) is 9.63. The van der Waals surface area contributed by atoms with Crippen LogP contribution in [-0.4, -0.2) is 11.9 Å². The molecule has 5 rings (SSSR count). The average molecular weight is 384 g/mol. The summed E-state index contributed by atoms with van der Waals surface area (Å²) in [4.78, 5) is 33.8. The zero-order valence-corrected chi connectivity index (χ0v) is 16.0. The lowest BCUT2D eigenvalue weighted by atomic mass is 9.87. The van der Waals surface area contributed by atoms with Crippen LogP contribution in [0.25, 0.3) is 0 Å². The number of hydroxylamine groups is 1. The van der Waals surface area contributed by atoms with Crippen LogP contribution in [0.15, 0.2) is 78.9 Å². The molecule has 3 aromatic carbocycles. The molecular weight excluding hydrogens is 364 g/mol. The van der Waals surface area contributed by atoms with E-state index in [1.807, 2.05) is 85.8 Å². The minimum absolute atomic E-state index is 0.0114. The Balaban J connectivity index is 1.69. The SMILES string of the molecule is Cc1cccc2c1N(Cc1ccccc1)C(=O)[C@@]21CC(=O)ON1c1ccccc1. The second-order valence-corrected chi connectivity index (χ2v) is 7.48. The molecule has 29 heavy (non-hydrogen) atoms. The number of para-hydroxylation sites is 2. The van der Waals surface area contributed by atoms with E-state index in [1.54, 1.807) is 4.90 Å². The van der Waals surface area contributed by atoms with Crippen molar-refractivity contribution in [2.45, 2.75) is 25.4 Å². The van der Waals surface area contributed by atoms with Crippen molar-refractivity contribution in [3.05, 3.63) is 95.6 Å². The highest BCUT2D eigenvalue weighted by Crippen LogP contribution is 2.52. The van der Waals surface area contributed by atoms with Crippen molar-refractivity contribution in [1.82, 2.24) is 0 Å². The molecular formula is C24H20N2O3. The summed E-state index contributed by atoms with van der Waals surface area (Å²) in [6, 6.07) is 25.1. The van der Waals surface area contributed by atoms with Crippen molar-refractivity contribution in [1.29, 1.82) is 0 Å². The fourth-order valence-corrected chi connectivity index (χ4v) is 4.40. The summed E-state index contributed by atoms with van der Waals surface area (Å²) >= 11 is 0. The number of rotatable bonds is 3. The van der Waals surface area contributed by atoms with Gasteiger partial charge < -0.3 is 9.74 Å². The van der Waals surface area contributed by atoms with E-state index in [9.17, 15) is 9.59 Å². The molecule has 0 saturated carbocycles. The molecule has 144 valence electrons. The lowest BCUT2D eigenvalue weighted by molar-refractivity contribution is -0.139. The van der Waals surface area contributed by atoms with Crippen LogP contribution in [0.5, 0.6) is 0 Å². The molecule has 1 amide bonds. The number of aryl methyl sites for hydroxylation is 1. The van der Waals surface area contributed by atoms with Crippen LogP contribution < -0.4 is 9.96 Å². The van der Waals surface area contributed by atoms with E-state index in [0.717, 1.165) is 22.4 Å². The van der Waals surface area contributed by atoms with Crippen LogP contribution in [0.1, 0.15) is 23.1 Å². The first-order valence-electron chi connectivity index (χ1n) is 9.63. The van der Waals surface area contributed by atoms with Crippen molar-refractivity contribution in [3.63, 3.8) is 0 Å². The molecule has 3 aromatic rings. The monoisotopic (exact) mass is 384 g/mol. The minimum Gasteiger partial charge on any atom is -0.339 e. The Labute approximate surface area is 169 Å². The molecule has 0 radical (unpaired) electrons. The van der Waals surface area contributed by atoms with Crippen LogP contribution in [0.4, 0.5) is 11.4 Å². The summed E-state index contributed by atoms with van der Waals surface area (Å²) in [6.45, 7) is 2.43. The number of hydrogen-bond acceptors (Lipinski definition) is 4. The Morgan fingerprint density at radius 2 is 1.59 bits per heavy atom. The van der Waals surface area contributed by atoms with Gasteiger partial charge in [-0.05, 0) is 30.2 Å². The van der Waals surface area contributed by atoms with Gasteiger partial charge in [0.05, 0.1) is 24.3 Å². The molecule has 2 heterocycles. The summed E-state index contributed by atoms with van der Waals surface area (Å²) < 4.78 is 0. The maximum absolute atomic E-state index is 13.9. The Morgan fingerprint density at radius 3 is 2.31 bits per heavy atom. The van der Waals surface area contributed by atoms with Crippen molar-refractivity contribution >= 4 is 23.3 Å². The number of nitrogens with zero attached hydrogens (tertiary/aromatic N) is 2. The highest BCUT2D eigenvalue weighted by atomic mass is 16.7. The normalized spacial score (nSPS) is 20.3. The maximum Gasteiger partial charge on any atom is 0.335 e. The average Bonchev–Trinajstić information content (AvgIpc) is 3.21. The van der Waals surface area contributed by atoms with E-state index in [0.29, 0.717) is 12.2 Å². The lowest BCUT2D eigenvalue weighted by Crippen LogP contribution is -2.49. The molecule has 1 spiro atoms. The Kier molecular flexibility index (Phi) is 3.91. The van der Waals surface area contributed by atoms with Gasteiger partial charge in [0.1, 0.15) is 0 Å². The van der Waals surface area contributed by atoms with E-state index in [1.165, 1.54) is 5.06 Å². The van der Waals surface area contributed by atoms with Gasteiger partial charge in [0, 0.05) is 5.56 Å². The van der Waals surface area contributed by atoms with Gasteiger partial charge in [-0.1, -0.05) is 66.7 Å². The molecule has 0 aliphatic carbocycles. The molecule has 1 fully saturated rings. The standard InChI is InChI=1S/C24H20N2O3/c1-17-9-8-14-20-22(17)25(16-18-10-4-2-5-11-18)23(28)24(20)15-21(27)29-26(24)19-12-6-3-7-13-19/h2-14H,15-16H2,1H3/t24-/m1/s1. The summed E-state index contributed by atoms with van der Waals surface area (Å²) in [5, 5.41) is 1.50. The summed E-state index contributed by atoms with van der Waals surface area (Å²) in [7, 11) is 0. The van der Waals surface area contributed by atoms with Crippen LogP contribution in [0, 0.1) is 6.92 Å². The van der Waals surface area contributed by atoms with Gasteiger partial charge in [-0.15, -0.1) is 0 Å². The Bertz CT molecular complexity index is 1100.